The Morgan fingerprint density at radius 2 is 1.84 bits per heavy atom. The number of ether oxygens (including phenoxy) is 2. The van der Waals surface area contributed by atoms with Gasteiger partial charge in [0.25, 0.3) is 0 Å². The van der Waals surface area contributed by atoms with Crippen molar-refractivity contribution >= 4 is 5.91 Å². The van der Waals surface area contributed by atoms with E-state index in [9.17, 15) is 4.79 Å². The molecule has 2 aromatic rings. The van der Waals surface area contributed by atoms with E-state index in [-0.39, 0.29) is 11.9 Å². The van der Waals surface area contributed by atoms with Crippen LogP contribution in [0, 0.1) is 0 Å². The fourth-order valence-electron chi connectivity index (χ4n) is 3.90. The number of nitrogens with zero attached hydrogens (tertiary/aromatic N) is 2. The molecule has 0 radical (unpaired) electrons. The van der Waals surface area contributed by atoms with E-state index in [0.717, 1.165) is 62.8 Å². The Hall–Kier alpha value is -2.41. The number of nitrogens with one attached hydrogen (secondary N) is 1. The van der Waals surface area contributed by atoms with Crippen molar-refractivity contribution < 1.29 is 14.3 Å². The molecule has 0 saturated carbocycles. The molecule has 0 aromatic heterocycles. The van der Waals surface area contributed by atoms with Gasteiger partial charge in [-0.2, -0.15) is 0 Å². The fourth-order valence-corrected chi connectivity index (χ4v) is 3.90. The predicted octanol–water partition coefficient (Wildman–Crippen LogP) is 3.10. The normalized spacial score (nSPS) is 15.6. The van der Waals surface area contributed by atoms with E-state index >= 15 is 0 Å². The Kier molecular flexibility index (Phi) is 9.34. The van der Waals surface area contributed by atoms with Gasteiger partial charge in [-0.05, 0) is 36.3 Å². The van der Waals surface area contributed by atoms with E-state index in [1.807, 2.05) is 54.6 Å². The van der Waals surface area contributed by atoms with Gasteiger partial charge in [0.2, 0.25) is 5.91 Å². The first-order valence-corrected chi connectivity index (χ1v) is 11.3. The van der Waals surface area contributed by atoms with Crippen LogP contribution in [0.1, 0.15) is 31.0 Å². The quantitative estimate of drug-likeness (QED) is 0.600. The maximum absolute atomic E-state index is 13.1. The van der Waals surface area contributed by atoms with Gasteiger partial charge in [0.15, 0.2) is 0 Å². The Morgan fingerprint density at radius 3 is 2.55 bits per heavy atom. The molecule has 0 bridgehead atoms. The lowest BCUT2D eigenvalue weighted by Crippen LogP contribution is -2.40. The molecule has 31 heavy (non-hydrogen) atoms. The van der Waals surface area contributed by atoms with Crippen LogP contribution in [0.2, 0.25) is 0 Å². The van der Waals surface area contributed by atoms with Crippen molar-refractivity contribution in [1.82, 2.24) is 15.1 Å². The number of carbonyl (C=O) groups excluding carboxylic acids is 1. The molecule has 1 saturated heterocycles. The second-order valence-electron chi connectivity index (χ2n) is 7.70. The van der Waals surface area contributed by atoms with Gasteiger partial charge in [0, 0.05) is 26.2 Å². The fraction of sp³-hybridized carbons (Fsp3) is 0.480. The molecule has 0 aliphatic carbocycles. The average molecular weight is 426 g/mol. The zero-order chi connectivity index (χ0) is 21.9. The smallest absolute Gasteiger partial charge is 0.242 e. The van der Waals surface area contributed by atoms with Crippen molar-refractivity contribution in [2.24, 2.45) is 0 Å². The molecule has 1 aliphatic heterocycles. The van der Waals surface area contributed by atoms with Crippen LogP contribution in [0.25, 0.3) is 0 Å². The summed E-state index contributed by atoms with van der Waals surface area (Å²) >= 11 is 0. The number of likely N-dealkylation sites (N-methyl/N-ethyl adjacent to an activating group) is 1. The summed E-state index contributed by atoms with van der Waals surface area (Å²) in [7, 11) is 0. The maximum atomic E-state index is 13.1. The van der Waals surface area contributed by atoms with Crippen LogP contribution < -0.4 is 10.1 Å². The lowest BCUT2D eigenvalue weighted by atomic mass is 10.0. The van der Waals surface area contributed by atoms with Gasteiger partial charge in [-0.1, -0.05) is 56.3 Å². The number of hydrogen-bond acceptors (Lipinski definition) is 5. The van der Waals surface area contributed by atoms with E-state index in [0.29, 0.717) is 13.2 Å². The van der Waals surface area contributed by atoms with Gasteiger partial charge >= 0.3 is 0 Å². The highest BCUT2D eigenvalue weighted by Crippen LogP contribution is 2.21. The molecule has 3 rings (SSSR count). The number of rotatable bonds is 11. The SMILES string of the molecule is CCN(CC)C(C(=O)NCc1cccc(OCCN2CCOCC2)c1)c1ccccc1. The van der Waals surface area contributed by atoms with Crippen LogP contribution in [0.4, 0.5) is 0 Å². The summed E-state index contributed by atoms with van der Waals surface area (Å²) in [6.07, 6.45) is 0. The van der Waals surface area contributed by atoms with Gasteiger partial charge in [0.1, 0.15) is 18.4 Å². The predicted molar refractivity (Wildman–Crippen MR) is 123 cm³/mol. The first kappa shape index (κ1) is 23.3. The van der Waals surface area contributed by atoms with Crippen molar-refractivity contribution in [3.8, 4) is 5.75 Å². The number of morpholine rings is 1. The Balaban J connectivity index is 1.55. The third-order valence-electron chi connectivity index (χ3n) is 5.69. The van der Waals surface area contributed by atoms with Crippen molar-refractivity contribution in [3.63, 3.8) is 0 Å². The van der Waals surface area contributed by atoms with Crippen molar-refractivity contribution in [2.75, 3.05) is 52.5 Å². The van der Waals surface area contributed by atoms with E-state index in [4.69, 9.17) is 9.47 Å². The molecule has 168 valence electrons. The number of amides is 1. The summed E-state index contributed by atoms with van der Waals surface area (Å²) in [5, 5.41) is 3.12. The monoisotopic (exact) mass is 425 g/mol. The first-order chi connectivity index (χ1) is 15.2. The molecule has 1 fully saturated rings. The van der Waals surface area contributed by atoms with E-state index in [2.05, 4.69) is 29.0 Å². The van der Waals surface area contributed by atoms with Crippen molar-refractivity contribution in [3.05, 3.63) is 65.7 Å². The highest BCUT2D eigenvalue weighted by Gasteiger charge is 2.25. The molecule has 1 amide bonds. The first-order valence-electron chi connectivity index (χ1n) is 11.3. The maximum Gasteiger partial charge on any atom is 0.242 e. The zero-order valence-corrected chi connectivity index (χ0v) is 18.8. The Labute approximate surface area is 186 Å². The average Bonchev–Trinajstić information content (AvgIpc) is 2.82. The number of benzene rings is 2. The molecule has 0 spiro atoms. The zero-order valence-electron chi connectivity index (χ0n) is 18.8. The molecule has 2 aromatic carbocycles. The Morgan fingerprint density at radius 1 is 1.10 bits per heavy atom. The van der Waals surface area contributed by atoms with E-state index in [1.165, 1.54) is 0 Å². The van der Waals surface area contributed by atoms with Crippen LogP contribution in [-0.4, -0.2) is 68.3 Å². The lowest BCUT2D eigenvalue weighted by Gasteiger charge is -2.29. The minimum absolute atomic E-state index is 0.0218. The van der Waals surface area contributed by atoms with Crippen molar-refractivity contribution in [1.29, 1.82) is 0 Å². The molecule has 1 aliphatic rings. The number of hydrogen-bond donors (Lipinski definition) is 1. The summed E-state index contributed by atoms with van der Waals surface area (Å²) in [5.74, 6) is 0.858. The second kappa shape index (κ2) is 12.4. The molecule has 1 N–H and O–H groups in total. The molecule has 1 heterocycles. The summed E-state index contributed by atoms with van der Waals surface area (Å²) in [5.41, 5.74) is 2.05. The lowest BCUT2D eigenvalue weighted by molar-refractivity contribution is -0.126. The summed E-state index contributed by atoms with van der Waals surface area (Å²) in [6.45, 7) is 11.3. The Bertz CT molecular complexity index is 790. The largest absolute Gasteiger partial charge is 0.492 e. The highest BCUT2D eigenvalue weighted by molar-refractivity contribution is 5.83. The van der Waals surface area contributed by atoms with Crippen LogP contribution in [-0.2, 0) is 16.1 Å². The minimum atomic E-state index is -0.288. The third kappa shape index (κ3) is 7.06. The van der Waals surface area contributed by atoms with Crippen LogP contribution in [0.3, 0.4) is 0 Å². The molecule has 6 nitrogen and oxygen atoms in total. The number of carbonyl (C=O) groups is 1. The second-order valence-corrected chi connectivity index (χ2v) is 7.70. The molecule has 6 heteroatoms. The molecular formula is C25H35N3O3. The van der Waals surface area contributed by atoms with Crippen LogP contribution in [0.5, 0.6) is 5.75 Å². The van der Waals surface area contributed by atoms with Crippen molar-refractivity contribution in [2.45, 2.75) is 26.4 Å². The van der Waals surface area contributed by atoms with E-state index in [1.54, 1.807) is 0 Å². The molecule has 1 atom stereocenters. The standard InChI is InChI=1S/C25H35N3O3/c1-3-28(4-2)24(22-10-6-5-7-11-22)25(29)26-20-21-9-8-12-23(19-21)31-18-15-27-13-16-30-17-14-27/h5-12,19,24H,3-4,13-18,20H2,1-2H3,(H,26,29). The van der Waals surface area contributed by atoms with Crippen LogP contribution in [0.15, 0.2) is 54.6 Å². The van der Waals surface area contributed by atoms with Gasteiger partial charge in [-0.25, -0.2) is 0 Å². The molecular weight excluding hydrogens is 390 g/mol. The van der Waals surface area contributed by atoms with Gasteiger partial charge < -0.3 is 14.8 Å². The van der Waals surface area contributed by atoms with Gasteiger partial charge in [-0.15, -0.1) is 0 Å². The summed E-state index contributed by atoms with van der Waals surface area (Å²) in [4.78, 5) is 17.6. The summed E-state index contributed by atoms with van der Waals surface area (Å²) in [6, 6.07) is 17.7. The van der Waals surface area contributed by atoms with Crippen LogP contribution >= 0.6 is 0 Å². The van der Waals surface area contributed by atoms with Gasteiger partial charge in [0.05, 0.1) is 13.2 Å². The summed E-state index contributed by atoms with van der Waals surface area (Å²) < 4.78 is 11.3. The third-order valence-corrected chi connectivity index (χ3v) is 5.69. The highest BCUT2D eigenvalue weighted by atomic mass is 16.5. The van der Waals surface area contributed by atoms with Gasteiger partial charge in [-0.3, -0.25) is 14.6 Å². The molecule has 1 unspecified atom stereocenters. The topological polar surface area (TPSA) is 54.0 Å². The van der Waals surface area contributed by atoms with E-state index < -0.39 is 0 Å². The minimum Gasteiger partial charge on any atom is -0.492 e.